The molecule has 0 radical (unpaired) electrons. The quantitative estimate of drug-likeness (QED) is 0.807. The Kier molecular flexibility index (Phi) is 5.25. The lowest BCUT2D eigenvalue weighted by Crippen LogP contribution is -2.07. The highest BCUT2D eigenvalue weighted by Crippen LogP contribution is 2.21. The summed E-state index contributed by atoms with van der Waals surface area (Å²) in [4.78, 5) is 15.0. The number of carbonyl (C=O) groups is 1. The Labute approximate surface area is 130 Å². The lowest BCUT2D eigenvalue weighted by molar-refractivity contribution is -0.133. The zero-order valence-electron chi connectivity index (χ0n) is 11.0. The monoisotopic (exact) mass is 354 g/mol. The van der Waals surface area contributed by atoms with Crippen LogP contribution >= 0.6 is 27.7 Å². The molecule has 20 heavy (non-hydrogen) atoms. The van der Waals surface area contributed by atoms with Crippen molar-refractivity contribution in [3.05, 3.63) is 46.2 Å². The number of nitrogens with zero attached hydrogens (tertiary/aromatic N) is 2. The van der Waals surface area contributed by atoms with Gasteiger partial charge in [0.2, 0.25) is 0 Å². The molecule has 0 atom stereocenters. The van der Waals surface area contributed by atoms with E-state index in [1.54, 1.807) is 0 Å². The van der Waals surface area contributed by atoms with Gasteiger partial charge in [-0.05, 0) is 24.1 Å². The van der Waals surface area contributed by atoms with Crippen molar-refractivity contribution in [1.82, 2.24) is 9.55 Å². The predicted molar refractivity (Wildman–Crippen MR) is 83.2 cm³/mol. The summed E-state index contributed by atoms with van der Waals surface area (Å²) >= 11 is 4.72. The molecule has 1 heterocycles. The van der Waals surface area contributed by atoms with Gasteiger partial charge in [-0.15, -0.1) is 0 Å². The molecule has 0 aliphatic carbocycles. The van der Waals surface area contributed by atoms with Crippen LogP contribution in [0.1, 0.15) is 18.2 Å². The van der Waals surface area contributed by atoms with Crippen molar-refractivity contribution in [1.29, 1.82) is 0 Å². The standard InChI is InChI=1S/C14H15BrN2O2S/c1-2-12-7-16-14(20-9-13(18)19)17(12)8-10-4-3-5-11(15)6-10/h3-7H,2,8-9H2,1H3,(H,18,19). The van der Waals surface area contributed by atoms with Crippen molar-refractivity contribution in [3.63, 3.8) is 0 Å². The highest BCUT2D eigenvalue weighted by molar-refractivity contribution is 9.10. The molecule has 1 aromatic heterocycles. The number of rotatable bonds is 6. The van der Waals surface area contributed by atoms with Gasteiger partial charge in [0, 0.05) is 22.9 Å². The van der Waals surface area contributed by atoms with Crippen molar-refractivity contribution in [2.75, 3.05) is 5.75 Å². The van der Waals surface area contributed by atoms with Crippen molar-refractivity contribution >= 4 is 33.7 Å². The Hall–Kier alpha value is -1.27. The third-order valence-electron chi connectivity index (χ3n) is 2.82. The van der Waals surface area contributed by atoms with Crippen molar-refractivity contribution < 1.29 is 9.90 Å². The molecule has 0 saturated carbocycles. The first-order valence-corrected chi connectivity index (χ1v) is 8.01. The van der Waals surface area contributed by atoms with Gasteiger partial charge in [0.1, 0.15) is 0 Å². The van der Waals surface area contributed by atoms with Gasteiger partial charge in [-0.2, -0.15) is 0 Å². The van der Waals surface area contributed by atoms with E-state index in [2.05, 4.69) is 44.5 Å². The molecule has 0 aliphatic rings. The Morgan fingerprint density at radius 1 is 1.50 bits per heavy atom. The average Bonchev–Trinajstić information content (AvgIpc) is 2.78. The summed E-state index contributed by atoms with van der Waals surface area (Å²) in [5, 5.41) is 9.55. The Balaban J connectivity index is 2.24. The highest BCUT2D eigenvalue weighted by atomic mass is 79.9. The SMILES string of the molecule is CCc1cnc(SCC(=O)O)n1Cc1cccc(Br)c1. The highest BCUT2D eigenvalue weighted by Gasteiger charge is 2.11. The minimum Gasteiger partial charge on any atom is -0.481 e. The van der Waals surface area contributed by atoms with Crippen LogP contribution in [0.2, 0.25) is 0 Å². The fraction of sp³-hybridized carbons (Fsp3) is 0.286. The molecular formula is C14H15BrN2O2S. The van der Waals surface area contributed by atoms with Crippen LogP contribution in [-0.4, -0.2) is 26.4 Å². The number of carboxylic acid groups (broad SMARTS) is 1. The second kappa shape index (κ2) is 6.95. The number of aromatic nitrogens is 2. The maximum Gasteiger partial charge on any atom is 0.313 e. The fourth-order valence-electron chi connectivity index (χ4n) is 1.90. The summed E-state index contributed by atoms with van der Waals surface area (Å²) in [5.41, 5.74) is 2.27. The lowest BCUT2D eigenvalue weighted by Gasteiger charge is -2.11. The van der Waals surface area contributed by atoms with E-state index in [0.29, 0.717) is 6.54 Å². The van der Waals surface area contributed by atoms with E-state index in [1.165, 1.54) is 11.8 Å². The molecule has 6 heteroatoms. The molecule has 106 valence electrons. The zero-order chi connectivity index (χ0) is 14.5. The number of aliphatic carboxylic acids is 1. The summed E-state index contributed by atoms with van der Waals surface area (Å²) in [7, 11) is 0. The number of benzene rings is 1. The molecule has 0 saturated heterocycles. The van der Waals surface area contributed by atoms with Crippen molar-refractivity contribution in [3.8, 4) is 0 Å². The molecule has 4 nitrogen and oxygen atoms in total. The Morgan fingerprint density at radius 2 is 2.30 bits per heavy atom. The van der Waals surface area contributed by atoms with Gasteiger partial charge in [-0.25, -0.2) is 4.98 Å². The number of carboxylic acids is 1. The lowest BCUT2D eigenvalue weighted by atomic mass is 10.2. The molecule has 0 amide bonds. The molecule has 2 aromatic rings. The summed E-state index contributed by atoms with van der Waals surface area (Å²) in [6.45, 7) is 2.77. The Morgan fingerprint density at radius 3 is 2.95 bits per heavy atom. The number of hydrogen-bond donors (Lipinski definition) is 1. The van der Waals surface area contributed by atoms with Crippen LogP contribution < -0.4 is 0 Å². The van der Waals surface area contributed by atoms with E-state index in [0.717, 1.165) is 27.3 Å². The molecule has 2 rings (SSSR count). The number of aryl methyl sites for hydroxylation is 1. The van der Waals surface area contributed by atoms with Crippen LogP contribution in [-0.2, 0) is 17.8 Å². The molecule has 0 aliphatic heterocycles. The number of hydrogen-bond acceptors (Lipinski definition) is 3. The van der Waals surface area contributed by atoms with E-state index >= 15 is 0 Å². The van der Waals surface area contributed by atoms with Crippen LogP contribution in [0.15, 0.2) is 40.1 Å². The van der Waals surface area contributed by atoms with E-state index < -0.39 is 5.97 Å². The van der Waals surface area contributed by atoms with Crippen LogP contribution in [0.3, 0.4) is 0 Å². The molecule has 1 aromatic carbocycles. The van der Waals surface area contributed by atoms with Gasteiger partial charge in [0.15, 0.2) is 5.16 Å². The second-order valence-corrected chi connectivity index (χ2v) is 6.14. The first-order valence-electron chi connectivity index (χ1n) is 6.23. The molecule has 0 bridgehead atoms. The molecule has 0 unspecified atom stereocenters. The van der Waals surface area contributed by atoms with Gasteiger partial charge in [-0.1, -0.05) is 46.7 Å². The van der Waals surface area contributed by atoms with E-state index in [-0.39, 0.29) is 5.75 Å². The maximum absolute atomic E-state index is 10.7. The second-order valence-electron chi connectivity index (χ2n) is 4.28. The summed E-state index contributed by atoms with van der Waals surface area (Å²) < 4.78 is 3.11. The Bertz CT molecular complexity index is 613. The molecule has 1 N–H and O–H groups in total. The van der Waals surface area contributed by atoms with Crippen LogP contribution in [0.25, 0.3) is 0 Å². The summed E-state index contributed by atoms with van der Waals surface area (Å²) in [6, 6.07) is 8.09. The molecule has 0 fully saturated rings. The largest absolute Gasteiger partial charge is 0.481 e. The van der Waals surface area contributed by atoms with E-state index in [9.17, 15) is 4.79 Å². The minimum atomic E-state index is -0.829. The topological polar surface area (TPSA) is 55.1 Å². The van der Waals surface area contributed by atoms with E-state index in [1.807, 2.05) is 18.3 Å². The maximum atomic E-state index is 10.7. The summed E-state index contributed by atoms with van der Waals surface area (Å²) in [5.74, 6) is -0.802. The first kappa shape index (κ1) is 15.1. The van der Waals surface area contributed by atoms with Crippen LogP contribution in [0.4, 0.5) is 0 Å². The van der Waals surface area contributed by atoms with Crippen LogP contribution in [0, 0.1) is 0 Å². The summed E-state index contributed by atoms with van der Waals surface area (Å²) in [6.07, 6.45) is 2.69. The number of imidazole rings is 1. The number of halogens is 1. The third kappa shape index (κ3) is 3.86. The van der Waals surface area contributed by atoms with Gasteiger partial charge in [-0.3, -0.25) is 4.79 Å². The smallest absolute Gasteiger partial charge is 0.313 e. The zero-order valence-corrected chi connectivity index (χ0v) is 13.4. The normalized spacial score (nSPS) is 10.7. The molecule has 0 spiro atoms. The van der Waals surface area contributed by atoms with Crippen LogP contribution in [0.5, 0.6) is 0 Å². The minimum absolute atomic E-state index is 0.0264. The fourth-order valence-corrected chi connectivity index (χ4v) is 3.07. The van der Waals surface area contributed by atoms with Gasteiger partial charge in [0.25, 0.3) is 0 Å². The number of thioether (sulfide) groups is 1. The van der Waals surface area contributed by atoms with E-state index in [4.69, 9.17) is 5.11 Å². The predicted octanol–water partition coefficient (Wildman–Crippen LogP) is 3.43. The first-order chi connectivity index (χ1) is 9.60. The van der Waals surface area contributed by atoms with Crippen molar-refractivity contribution in [2.24, 2.45) is 0 Å². The average molecular weight is 355 g/mol. The third-order valence-corrected chi connectivity index (χ3v) is 4.29. The van der Waals surface area contributed by atoms with Gasteiger partial charge in [0.05, 0.1) is 5.75 Å². The van der Waals surface area contributed by atoms with Gasteiger partial charge >= 0.3 is 5.97 Å². The van der Waals surface area contributed by atoms with Crippen molar-refractivity contribution in [2.45, 2.75) is 25.0 Å². The van der Waals surface area contributed by atoms with Gasteiger partial charge < -0.3 is 9.67 Å². The molecular weight excluding hydrogens is 340 g/mol.